The van der Waals surface area contributed by atoms with E-state index in [1.54, 1.807) is 18.2 Å². The summed E-state index contributed by atoms with van der Waals surface area (Å²) in [5.74, 6) is -0.928. The maximum Gasteiger partial charge on any atom is 0.237 e. The first-order valence-electron chi connectivity index (χ1n) is 5.85. The molecule has 0 saturated carbocycles. The van der Waals surface area contributed by atoms with Crippen LogP contribution in [0.25, 0.3) is 0 Å². The first-order chi connectivity index (χ1) is 9.91. The lowest BCUT2D eigenvalue weighted by molar-refractivity contribution is 0.600. The van der Waals surface area contributed by atoms with Gasteiger partial charge in [-0.05, 0) is 29.8 Å². The van der Waals surface area contributed by atoms with Gasteiger partial charge in [0, 0.05) is 0 Å². The molecule has 21 heavy (non-hydrogen) atoms. The molecule has 0 amide bonds. The number of nitriles is 1. The molecule has 2 rings (SSSR count). The maximum atomic E-state index is 12.9. The molecular weight excluding hydrogens is 315 g/mol. The highest BCUT2D eigenvalue weighted by Gasteiger charge is 2.16. The zero-order valence-corrected chi connectivity index (χ0v) is 12.2. The first-order valence-corrected chi connectivity index (χ1v) is 7.88. The second kappa shape index (κ2) is 6.12. The van der Waals surface area contributed by atoms with Gasteiger partial charge in [0.15, 0.2) is 0 Å². The molecule has 4 nitrogen and oxygen atoms in total. The number of sulfonamides is 1. The largest absolute Gasteiger partial charge is 0.282 e. The van der Waals surface area contributed by atoms with Gasteiger partial charge in [0.25, 0.3) is 0 Å². The average Bonchev–Trinajstić information content (AvgIpc) is 2.42. The number of nitrogens with one attached hydrogen (secondary N) is 1. The van der Waals surface area contributed by atoms with Crippen molar-refractivity contribution < 1.29 is 12.8 Å². The smallest absolute Gasteiger partial charge is 0.237 e. The van der Waals surface area contributed by atoms with Gasteiger partial charge in [-0.25, -0.2) is 12.8 Å². The van der Waals surface area contributed by atoms with Crippen molar-refractivity contribution in [1.82, 2.24) is 0 Å². The van der Waals surface area contributed by atoms with Crippen molar-refractivity contribution >= 4 is 27.3 Å². The number of rotatable bonds is 4. The molecule has 1 N–H and O–H groups in total. The molecule has 0 saturated heterocycles. The third kappa shape index (κ3) is 3.94. The van der Waals surface area contributed by atoms with Crippen LogP contribution < -0.4 is 4.72 Å². The summed E-state index contributed by atoms with van der Waals surface area (Å²) in [5.41, 5.74) is 0.756. The van der Waals surface area contributed by atoms with Crippen molar-refractivity contribution in [3.05, 3.63) is 64.4 Å². The van der Waals surface area contributed by atoms with Crippen LogP contribution in [0.1, 0.15) is 11.1 Å². The van der Waals surface area contributed by atoms with Crippen molar-refractivity contribution in [3.8, 4) is 6.07 Å². The maximum absolute atomic E-state index is 12.9. The zero-order chi connectivity index (χ0) is 15.5. The topological polar surface area (TPSA) is 70.0 Å². The Hall–Kier alpha value is -2.10. The van der Waals surface area contributed by atoms with Gasteiger partial charge in [-0.15, -0.1) is 0 Å². The predicted molar refractivity (Wildman–Crippen MR) is 78.8 cm³/mol. The summed E-state index contributed by atoms with van der Waals surface area (Å²) in [6.45, 7) is 0. The molecule has 2 aromatic carbocycles. The Balaban J connectivity index is 2.25. The summed E-state index contributed by atoms with van der Waals surface area (Å²) in [6, 6.07) is 11.7. The van der Waals surface area contributed by atoms with E-state index in [4.69, 9.17) is 16.9 Å². The Kier molecular flexibility index (Phi) is 4.46. The quantitative estimate of drug-likeness (QED) is 0.938. The Morgan fingerprint density at radius 3 is 2.62 bits per heavy atom. The average molecular weight is 325 g/mol. The first kappa shape index (κ1) is 15.3. The van der Waals surface area contributed by atoms with Crippen molar-refractivity contribution in [2.45, 2.75) is 5.75 Å². The van der Waals surface area contributed by atoms with Gasteiger partial charge in [-0.1, -0.05) is 29.8 Å². The molecule has 0 radical (unpaired) electrons. The van der Waals surface area contributed by atoms with Gasteiger partial charge in [-0.3, -0.25) is 4.72 Å². The number of nitrogens with zero attached hydrogens (tertiary/aromatic N) is 1. The van der Waals surface area contributed by atoms with E-state index in [0.29, 0.717) is 5.56 Å². The summed E-state index contributed by atoms with van der Waals surface area (Å²) in [7, 11) is -3.76. The number of hydrogen-bond donors (Lipinski definition) is 1. The summed E-state index contributed by atoms with van der Waals surface area (Å²) in [4.78, 5) is 0. The van der Waals surface area contributed by atoms with E-state index in [1.807, 2.05) is 6.07 Å². The van der Waals surface area contributed by atoms with E-state index in [-0.39, 0.29) is 22.0 Å². The van der Waals surface area contributed by atoms with E-state index in [9.17, 15) is 12.8 Å². The molecule has 2 aromatic rings. The monoisotopic (exact) mass is 324 g/mol. The zero-order valence-electron chi connectivity index (χ0n) is 10.7. The van der Waals surface area contributed by atoms with Crippen molar-refractivity contribution in [3.63, 3.8) is 0 Å². The van der Waals surface area contributed by atoms with Gasteiger partial charge < -0.3 is 0 Å². The third-order valence-corrected chi connectivity index (χ3v) is 4.21. The molecule has 7 heteroatoms. The number of halogens is 2. The van der Waals surface area contributed by atoms with Crippen molar-refractivity contribution in [2.75, 3.05) is 4.72 Å². The molecule has 0 aliphatic carbocycles. The fourth-order valence-electron chi connectivity index (χ4n) is 1.74. The van der Waals surface area contributed by atoms with E-state index < -0.39 is 15.8 Å². The van der Waals surface area contributed by atoms with Gasteiger partial charge in [0.1, 0.15) is 5.82 Å². The van der Waals surface area contributed by atoms with Crippen LogP contribution in [-0.2, 0) is 15.8 Å². The molecule has 108 valence electrons. The molecule has 0 fully saturated rings. The molecule has 0 heterocycles. The molecule has 0 aliphatic heterocycles. The van der Waals surface area contributed by atoms with Crippen LogP contribution in [0.15, 0.2) is 42.5 Å². The molecule has 0 aliphatic rings. The van der Waals surface area contributed by atoms with Crippen LogP contribution in [-0.4, -0.2) is 8.42 Å². The summed E-state index contributed by atoms with van der Waals surface area (Å²) >= 11 is 5.78. The van der Waals surface area contributed by atoms with Crippen LogP contribution in [0.3, 0.4) is 0 Å². The molecule has 0 aromatic heterocycles. The normalized spacial score (nSPS) is 10.9. The van der Waals surface area contributed by atoms with Crippen LogP contribution in [0.5, 0.6) is 0 Å². The summed E-state index contributed by atoms with van der Waals surface area (Å²) in [6.07, 6.45) is 0. The van der Waals surface area contributed by atoms with Gasteiger partial charge in [-0.2, -0.15) is 5.26 Å². The molecule has 0 bridgehead atoms. The minimum atomic E-state index is -3.76. The highest BCUT2D eigenvalue weighted by Crippen LogP contribution is 2.24. The second-order valence-electron chi connectivity index (χ2n) is 4.25. The van der Waals surface area contributed by atoms with Gasteiger partial charge >= 0.3 is 0 Å². The van der Waals surface area contributed by atoms with Crippen LogP contribution >= 0.6 is 11.6 Å². The number of benzene rings is 2. The minimum absolute atomic E-state index is 0.0351. The van der Waals surface area contributed by atoms with Crippen LogP contribution in [0.4, 0.5) is 10.1 Å². The Morgan fingerprint density at radius 2 is 1.95 bits per heavy atom. The fourth-order valence-corrected chi connectivity index (χ4v) is 3.25. The Morgan fingerprint density at radius 1 is 1.24 bits per heavy atom. The van der Waals surface area contributed by atoms with E-state index in [2.05, 4.69) is 4.72 Å². The SMILES string of the molecule is N#Cc1ccccc1CS(=O)(=O)Nc1ccc(F)cc1Cl. The van der Waals surface area contributed by atoms with Crippen LogP contribution in [0.2, 0.25) is 5.02 Å². The highest BCUT2D eigenvalue weighted by molar-refractivity contribution is 7.91. The number of anilines is 1. The van der Waals surface area contributed by atoms with Crippen molar-refractivity contribution in [1.29, 1.82) is 5.26 Å². The van der Waals surface area contributed by atoms with Gasteiger partial charge in [0.2, 0.25) is 10.0 Å². The summed E-state index contributed by atoms with van der Waals surface area (Å²) in [5, 5.41) is 8.92. The molecule has 0 unspecified atom stereocenters. The fraction of sp³-hybridized carbons (Fsp3) is 0.0714. The number of hydrogen-bond acceptors (Lipinski definition) is 3. The van der Waals surface area contributed by atoms with E-state index in [1.165, 1.54) is 12.1 Å². The third-order valence-electron chi connectivity index (χ3n) is 2.68. The Labute approximate surface area is 126 Å². The summed E-state index contributed by atoms with van der Waals surface area (Å²) < 4.78 is 39.4. The second-order valence-corrected chi connectivity index (χ2v) is 6.38. The van der Waals surface area contributed by atoms with E-state index in [0.717, 1.165) is 12.1 Å². The lowest BCUT2D eigenvalue weighted by atomic mass is 10.1. The van der Waals surface area contributed by atoms with E-state index >= 15 is 0 Å². The van der Waals surface area contributed by atoms with Crippen LogP contribution in [0, 0.1) is 17.1 Å². The molecule has 0 spiro atoms. The highest BCUT2D eigenvalue weighted by atomic mass is 35.5. The van der Waals surface area contributed by atoms with Crippen molar-refractivity contribution in [2.24, 2.45) is 0 Å². The van der Waals surface area contributed by atoms with Gasteiger partial charge in [0.05, 0.1) is 28.1 Å². The Bertz CT molecular complexity index is 816. The lowest BCUT2D eigenvalue weighted by Crippen LogP contribution is -2.16. The minimum Gasteiger partial charge on any atom is -0.282 e. The molecule has 0 atom stereocenters. The predicted octanol–water partition coefficient (Wildman–Crippen LogP) is 3.29. The molecular formula is C14H10ClFN2O2S. The standard InChI is InChI=1S/C14H10ClFN2O2S/c15-13-7-12(16)5-6-14(13)18-21(19,20)9-11-4-2-1-3-10(11)8-17/h1-7,18H,9H2. The lowest BCUT2D eigenvalue weighted by Gasteiger charge is -2.10.